The number of allylic oxidation sites excluding steroid dienone is 1. The Morgan fingerprint density at radius 2 is 2.40 bits per heavy atom. The fourth-order valence-electron chi connectivity index (χ4n) is 2.01. The maximum Gasteiger partial charge on any atom is 0.405 e. The molecule has 15 heavy (non-hydrogen) atoms. The normalized spacial score (nSPS) is 18.1. The van der Waals surface area contributed by atoms with Gasteiger partial charge < -0.3 is 10.5 Å². The molecular weight excluding hydrogens is 190 g/mol. The molecule has 2 N–H and O–H groups in total. The first kappa shape index (κ1) is 12.1. The van der Waals surface area contributed by atoms with E-state index in [1.54, 1.807) is 0 Å². The van der Waals surface area contributed by atoms with Gasteiger partial charge in [0.15, 0.2) is 0 Å². The maximum absolute atomic E-state index is 10.8. The first-order valence-corrected chi connectivity index (χ1v) is 5.89. The highest BCUT2D eigenvalue weighted by atomic mass is 16.6. The van der Waals surface area contributed by atoms with Gasteiger partial charge in [0.05, 0.1) is 0 Å². The molecule has 0 heterocycles. The zero-order valence-electron chi connectivity index (χ0n) is 9.50. The van der Waals surface area contributed by atoms with Crippen molar-refractivity contribution in [2.75, 3.05) is 0 Å². The molecular formula is C12H21NO2. The number of ether oxygens (including phenoxy) is 1. The van der Waals surface area contributed by atoms with Crippen LogP contribution in [0.15, 0.2) is 11.6 Å². The average molecular weight is 211 g/mol. The lowest BCUT2D eigenvalue weighted by atomic mass is 9.93. The lowest BCUT2D eigenvalue weighted by Crippen LogP contribution is -2.25. The molecule has 1 amide bonds. The van der Waals surface area contributed by atoms with Gasteiger partial charge in [0.2, 0.25) is 0 Å². The summed E-state index contributed by atoms with van der Waals surface area (Å²) in [7, 11) is 0. The fraction of sp³-hybridized carbons (Fsp3) is 0.750. The second-order valence-electron chi connectivity index (χ2n) is 4.09. The molecule has 3 nitrogen and oxygen atoms in total. The lowest BCUT2D eigenvalue weighted by molar-refractivity contribution is 0.115. The Morgan fingerprint density at radius 1 is 1.60 bits per heavy atom. The van der Waals surface area contributed by atoms with Crippen molar-refractivity contribution in [1.29, 1.82) is 0 Å². The smallest absolute Gasteiger partial charge is 0.405 e. The van der Waals surface area contributed by atoms with E-state index < -0.39 is 6.09 Å². The Morgan fingerprint density at radius 3 is 2.93 bits per heavy atom. The van der Waals surface area contributed by atoms with Gasteiger partial charge in [-0.2, -0.15) is 0 Å². The first-order valence-electron chi connectivity index (χ1n) is 5.89. The van der Waals surface area contributed by atoms with E-state index in [4.69, 9.17) is 10.5 Å². The van der Waals surface area contributed by atoms with Crippen molar-refractivity contribution in [1.82, 2.24) is 0 Å². The molecule has 1 unspecified atom stereocenters. The van der Waals surface area contributed by atoms with Gasteiger partial charge in [-0.25, -0.2) is 4.79 Å². The van der Waals surface area contributed by atoms with Crippen LogP contribution in [0.5, 0.6) is 0 Å². The third-order valence-electron chi connectivity index (χ3n) is 2.82. The summed E-state index contributed by atoms with van der Waals surface area (Å²) in [6.07, 6.45) is 9.23. The molecule has 0 saturated heterocycles. The number of hydrogen-bond donors (Lipinski definition) is 1. The van der Waals surface area contributed by atoms with E-state index in [1.807, 2.05) is 0 Å². The van der Waals surface area contributed by atoms with Gasteiger partial charge in [0.25, 0.3) is 0 Å². The molecule has 0 radical (unpaired) electrons. The van der Waals surface area contributed by atoms with Gasteiger partial charge >= 0.3 is 6.09 Å². The quantitative estimate of drug-likeness (QED) is 0.710. The van der Waals surface area contributed by atoms with E-state index in [0.29, 0.717) is 0 Å². The summed E-state index contributed by atoms with van der Waals surface area (Å²) in [5.74, 6) is 0. The van der Waals surface area contributed by atoms with Gasteiger partial charge in [-0.1, -0.05) is 19.4 Å². The third-order valence-corrected chi connectivity index (χ3v) is 2.82. The summed E-state index contributed by atoms with van der Waals surface area (Å²) >= 11 is 0. The van der Waals surface area contributed by atoms with Crippen LogP contribution in [0.3, 0.4) is 0 Å². The van der Waals surface area contributed by atoms with Crippen molar-refractivity contribution in [3.63, 3.8) is 0 Å². The van der Waals surface area contributed by atoms with Crippen LogP contribution < -0.4 is 5.73 Å². The van der Waals surface area contributed by atoms with Crippen LogP contribution in [0.25, 0.3) is 0 Å². The summed E-state index contributed by atoms with van der Waals surface area (Å²) in [5, 5.41) is 0. The molecule has 0 bridgehead atoms. The second-order valence-corrected chi connectivity index (χ2v) is 4.09. The Labute approximate surface area is 91.7 Å². The van der Waals surface area contributed by atoms with Crippen LogP contribution in [-0.4, -0.2) is 12.2 Å². The van der Waals surface area contributed by atoms with E-state index >= 15 is 0 Å². The lowest BCUT2D eigenvalue weighted by Gasteiger charge is -2.22. The van der Waals surface area contributed by atoms with E-state index in [9.17, 15) is 4.79 Å². The summed E-state index contributed by atoms with van der Waals surface area (Å²) in [6.45, 7) is 2.14. The molecule has 0 saturated carbocycles. The fourth-order valence-corrected chi connectivity index (χ4v) is 2.01. The van der Waals surface area contributed by atoms with E-state index in [0.717, 1.165) is 32.1 Å². The van der Waals surface area contributed by atoms with E-state index in [1.165, 1.54) is 18.4 Å². The molecule has 0 aliphatic heterocycles. The predicted molar refractivity (Wildman–Crippen MR) is 60.5 cm³/mol. The van der Waals surface area contributed by atoms with Crippen molar-refractivity contribution in [3.05, 3.63) is 11.6 Å². The number of carbonyl (C=O) groups is 1. The Kier molecular flexibility index (Phi) is 5.22. The monoisotopic (exact) mass is 211 g/mol. The van der Waals surface area contributed by atoms with Crippen LogP contribution in [0.2, 0.25) is 0 Å². The van der Waals surface area contributed by atoms with Crippen LogP contribution in [0.4, 0.5) is 4.79 Å². The molecule has 0 aromatic heterocycles. The van der Waals surface area contributed by atoms with Gasteiger partial charge in [0.1, 0.15) is 6.10 Å². The molecule has 1 atom stereocenters. The number of carbonyl (C=O) groups excluding carboxylic acids is 1. The minimum Gasteiger partial charge on any atom is -0.442 e. The van der Waals surface area contributed by atoms with Gasteiger partial charge in [-0.15, -0.1) is 0 Å². The molecule has 0 aromatic carbocycles. The van der Waals surface area contributed by atoms with E-state index in [-0.39, 0.29) is 6.10 Å². The minimum atomic E-state index is -0.650. The summed E-state index contributed by atoms with van der Waals surface area (Å²) < 4.78 is 5.16. The molecule has 0 fully saturated rings. The van der Waals surface area contributed by atoms with Crippen molar-refractivity contribution in [2.24, 2.45) is 5.73 Å². The number of amides is 1. The Balaban J connectivity index is 2.53. The first-order chi connectivity index (χ1) is 7.24. The molecule has 1 rings (SSSR count). The number of primary amides is 1. The van der Waals surface area contributed by atoms with Crippen molar-refractivity contribution >= 4 is 6.09 Å². The SMILES string of the molecule is CCCCC(OC(N)=O)C1=CCCCC1. The molecule has 0 aromatic rings. The average Bonchev–Trinajstić information content (AvgIpc) is 2.25. The van der Waals surface area contributed by atoms with Crippen LogP contribution in [0, 0.1) is 0 Å². The van der Waals surface area contributed by atoms with Gasteiger partial charge in [-0.3, -0.25) is 0 Å². The molecule has 0 spiro atoms. The predicted octanol–water partition coefficient (Wildman–Crippen LogP) is 3.14. The minimum absolute atomic E-state index is 0.0669. The topological polar surface area (TPSA) is 52.3 Å². The molecule has 1 aliphatic carbocycles. The van der Waals surface area contributed by atoms with Gasteiger partial charge in [-0.05, 0) is 44.1 Å². The van der Waals surface area contributed by atoms with Gasteiger partial charge in [0, 0.05) is 0 Å². The highest BCUT2D eigenvalue weighted by molar-refractivity contribution is 5.65. The van der Waals surface area contributed by atoms with Crippen LogP contribution in [-0.2, 0) is 4.74 Å². The van der Waals surface area contributed by atoms with E-state index in [2.05, 4.69) is 13.0 Å². The van der Waals surface area contributed by atoms with Crippen LogP contribution in [0.1, 0.15) is 51.9 Å². The van der Waals surface area contributed by atoms with Crippen molar-refractivity contribution in [3.8, 4) is 0 Å². The third kappa shape index (κ3) is 4.36. The van der Waals surface area contributed by atoms with Crippen molar-refractivity contribution < 1.29 is 9.53 Å². The molecule has 3 heteroatoms. The zero-order chi connectivity index (χ0) is 11.1. The number of nitrogens with two attached hydrogens (primary N) is 1. The second kappa shape index (κ2) is 6.49. The zero-order valence-corrected chi connectivity index (χ0v) is 9.50. The highest BCUT2D eigenvalue weighted by Crippen LogP contribution is 2.25. The summed E-state index contributed by atoms with van der Waals surface area (Å²) in [6, 6.07) is 0. The summed E-state index contributed by atoms with van der Waals surface area (Å²) in [5.41, 5.74) is 6.36. The summed E-state index contributed by atoms with van der Waals surface area (Å²) in [4.78, 5) is 10.8. The highest BCUT2D eigenvalue weighted by Gasteiger charge is 2.18. The van der Waals surface area contributed by atoms with Crippen molar-refractivity contribution in [2.45, 2.75) is 58.0 Å². The molecule has 86 valence electrons. The standard InChI is InChI=1S/C12H21NO2/c1-2-3-9-11(15-12(13)14)10-7-5-4-6-8-10/h7,11H,2-6,8-9H2,1H3,(H2,13,14). The van der Waals surface area contributed by atoms with Crippen LogP contribution >= 0.6 is 0 Å². The maximum atomic E-state index is 10.8. The number of rotatable bonds is 5. The largest absolute Gasteiger partial charge is 0.442 e. The Bertz CT molecular complexity index is 236. The molecule has 1 aliphatic rings. The number of hydrogen-bond acceptors (Lipinski definition) is 2. The Hall–Kier alpha value is -0.990. The number of unbranched alkanes of at least 4 members (excludes halogenated alkanes) is 1.